The van der Waals surface area contributed by atoms with Crippen molar-refractivity contribution >= 4 is 17.9 Å². The summed E-state index contributed by atoms with van der Waals surface area (Å²) in [5, 5.41) is 0. The third kappa shape index (κ3) is 2.70. The van der Waals surface area contributed by atoms with Crippen molar-refractivity contribution in [2.75, 3.05) is 0 Å². The van der Waals surface area contributed by atoms with Gasteiger partial charge in [-0.3, -0.25) is 14.6 Å². The zero-order valence-corrected chi connectivity index (χ0v) is 15.8. The lowest BCUT2D eigenvalue weighted by atomic mass is 9.70. The van der Waals surface area contributed by atoms with E-state index in [0.29, 0.717) is 12.8 Å². The molecule has 2 aromatic carbocycles. The second-order valence-electron chi connectivity index (χ2n) is 7.66. The number of rotatable bonds is 4. The first-order valence-electron chi connectivity index (χ1n) is 9.25. The topological polar surface area (TPSA) is 72.5 Å². The number of hydrogen-bond acceptors (Lipinski definition) is 3. The maximum atomic E-state index is 13.3. The highest BCUT2D eigenvalue weighted by Crippen LogP contribution is 2.52. The molecule has 2 atom stereocenters. The van der Waals surface area contributed by atoms with Crippen LogP contribution in [-0.2, 0) is 15.0 Å². The molecule has 1 amide bonds. The van der Waals surface area contributed by atoms with Crippen molar-refractivity contribution in [2.45, 2.75) is 38.1 Å². The first-order valence-corrected chi connectivity index (χ1v) is 9.25. The van der Waals surface area contributed by atoms with E-state index in [2.05, 4.69) is 4.99 Å². The van der Waals surface area contributed by atoms with Gasteiger partial charge in [0.1, 0.15) is 5.82 Å². The van der Waals surface area contributed by atoms with Gasteiger partial charge >= 0.3 is 0 Å². The van der Waals surface area contributed by atoms with Crippen molar-refractivity contribution in [1.82, 2.24) is 0 Å². The molecule has 2 aromatic rings. The molecule has 5 heteroatoms. The molecule has 4 nitrogen and oxygen atoms in total. The summed E-state index contributed by atoms with van der Waals surface area (Å²) in [5.41, 5.74) is 10.2. The van der Waals surface area contributed by atoms with Gasteiger partial charge < -0.3 is 5.73 Å². The Morgan fingerprint density at radius 1 is 1.11 bits per heavy atom. The lowest BCUT2D eigenvalue weighted by Gasteiger charge is -2.31. The van der Waals surface area contributed by atoms with Crippen LogP contribution in [0.15, 0.2) is 58.6 Å². The number of benzene rings is 2. The van der Waals surface area contributed by atoms with Crippen LogP contribution in [0, 0.1) is 19.7 Å². The third-order valence-electron chi connectivity index (χ3n) is 6.07. The fourth-order valence-corrected chi connectivity index (χ4v) is 4.51. The predicted molar refractivity (Wildman–Crippen MR) is 106 cm³/mol. The Balaban J connectivity index is 1.79. The van der Waals surface area contributed by atoms with Gasteiger partial charge in [-0.05, 0) is 72.2 Å². The van der Waals surface area contributed by atoms with Crippen LogP contribution in [0.5, 0.6) is 0 Å². The van der Waals surface area contributed by atoms with Gasteiger partial charge in [0.15, 0.2) is 0 Å². The molecule has 2 N–H and O–H groups in total. The highest BCUT2D eigenvalue weighted by molar-refractivity contribution is 6.39. The summed E-state index contributed by atoms with van der Waals surface area (Å²) in [6, 6.07) is 11.8. The van der Waals surface area contributed by atoms with Gasteiger partial charge in [-0.25, -0.2) is 4.39 Å². The van der Waals surface area contributed by atoms with E-state index in [0.717, 1.165) is 33.4 Å². The van der Waals surface area contributed by atoms with E-state index in [9.17, 15) is 14.0 Å². The summed E-state index contributed by atoms with van der Waals surface area (Å²) < 4.78 is 13.3. The minimum absolute atomic E-state index is 0.261. The number of carbonyl (C=O) groups excluding carboxylic acids is 2. The van der Waals surface area contributed by atoms with E-state index in [1.165, 1.54) is 12.1 Å². The van der Waals surface area contributed by atoms with Gasteiger partial charge in [-0.1, -0.05) is 30.3 Å². The van der Waals surface area contributed by atoms with Crippen LogP contribution in [0.25, 0.3) is 0 Å². The molecule has 1 aliphatic carbocycles. The summed E-state index contributed by atoms with van der Waals surface area (Å²) in [5.74, 6) is -1.79. The molecular weight excluding hydrogens is 355 g/mol. The Morgan fingerprint density at radius 2 is 1.82 bits per heavy atom. The number of aliphatic imine (C=N–C) groups is 1. The van der Waals surface area contributed by atoms with E-state index < -0.39 is 17.1 Å². The van der Waals surface area contributed by atoms with Crippen molar-refractivity contribution in [3.05, 3.63) is 81.7 Å². The van der Waals surface area contributed by atoms with Crippen LogP contribution in [-0.4, -0.2) is 17.9 Å². The predicted octanol–water partition coefficient (Wildman–Crippen LogP) is 3.65. The molecule has 1 unspecified atom stereocenters. The molecular formula is C23H21FN2O2. The van der Waals surface area contributed by atoms with Gasteiger partial charge in [0.05, 0.1) is 11.5 Å². The second-order valence-corrected chi connectivity index (χ2v) is 7.66. The van der Waals surface area contributed by atoms with Crippen LogP contribution in [0.4, 0.5) is 4.39 Å². The average Bonchev–Trinajstić information content (AvgIpc) is 3.22. The Labute approximate surface area is 163 Å². The number of halogens is 1. The number of nitrogens with zero attached hydrogens (tertiary/aromatic N) is 1. The maximum absolute atomic E-state index is 13.3. The summed E-state index contributed by atoms with van der Waals surface area (Å²) >= 11 is 0. The highest BCUT2D eigenvalue weighted by atomic mass is 19.1. The Hall–Kier alpha value is -3.08. The summed E-state index contributed by atoms with van der Waals surface area (Å²) in [4.78, 5) is 29.6. The molecule has 0 radical (unpaired) electrons. The van der Waals surface area contributed by atoms with Crippen LogP contribution in [0.2, 0.25) is 0 Å². The van der Waals surface area contributed by atoms with Crippen LogP contribution in [0.1, 0.15) is 41.1 Å². The minimum atomic E-state index is -1.00. The molecule has 0 aromatic heterocycles. The van der Waals surface area contributed by atoms with Gasteiger partial charge in [0.25, 0.3) is 5.91 Å². The second kappa shape index (κ2) is 6.51. The minimum Gasteiger partial charge on any atom is -0.363 e. The van der Waals surface area contributed by atoms with Crippen LogP contribution in [0.3, 0.4) is 0 Å². The monoisotopic (exact) mass is 376 g/mol. The molecule has 28 heavy (non-hydrogen) atoms. The van der Waals surface area contributed by atoms with Crippen molar-refractivity contribution in [2.24, 2.45) is 10.7 Å². The Bertz CT molecular complexity index is 1050. The third-order valence-corrected chi connectivity index (χ3v) is 6.07. The summed E-state index contributed by atoms with van der Waals surface area (Å²) in [7, 11) is 0. The molecule has 0 saturated heterocycles. The molecule has 0 fully saturated rings. The smallest absolute Gasteiger partial charge is 0.285 e. The number of amides is 1. The number of nitrogens with two attached hydrogens (primary N) is 1. The molecule has 4 rings (SSSR count). The number of primary amides is 1. The zero-order chi connectivity index (χ0) is 20.1. The first-order chi connectivity index (χ1) is 13.3. The lowest BCUT2D eigenvalue weighted by Crippen LogP contribution is -2.43. The number of hydrogen-bond donors (Lipinski definition) is 1. The molecule has 0 saturated carbocycles. The number of carbonyl (C=O) groups is 2. The highest BCUT2D eigenvalue weighted by Gasteiger charge is 2.51. The average molecular weight is 376 g/mol. The maximum Gasteiger partial charge on any atom is 0.285 e. The number of Topliss-reactive ketones (excluding diaryl/α,β-unsaturated/α-hetero) is 1. The van der Waals surface area contributed by atoms with Gasteiger partial charge in [-0.15, -0.1) is 0 Å². The normalized spacial score (nSPS) is 23.2. The fraction of sp³-hybridized carbons (Fsp3) is 0.261. The first kappa shape index (κ1) is 18.3. The van der Waals surface area contributed by atoms with Crippen LogP contribution >= 0.6 is 0 Å². The number of aryl methyl sites for hydroxylation is 1. The quantitative estimate of drug-likeness (QED) is 0.827. The van der Waals surface area contributed by atoms with E-state index in [4.69, 9.17) is 5.73 Å². The van der Waals surface area contributed by atoms with Gasteiger partial charge in [0, 0.05) is 6.21 Å². The van der Waals surface area contributed by atoms with E-state index in [1.807, 2.05) is 32.0 Å². The number of allylic oxidation sites excluding steroid dienone is 1. The number of ketones is 1. The van der Waals surface area contributed by atoms with E-state index in [1.54, 1.807) is 18.3 Å². The summed E-state index contributed by atoms with van der Waals surface area (Å²) in [6.45, 7) is 3.95. The Kier molecular flexibility index (Phi) is 4.26. The van der Waals surface area contributed by atoms with Gasteiger partial charge in [0.2, 0.25) is 5.78 Å². The molecule has 1 aliphatic heterocycles. The molecule has 1 heterocycles. The lowest BCUT2D eigenvalue weighted by molar-refractivity contribution is -0.139. The summed E-state index contributed by atoms with van der Waals surface area (Å²) in [6.07, 6.45) is 2.57. The molecule has 142 valence electrons. The van der Waals surface area contributed by atoms with Gasteiger partial charge in [-0.2, -0.15) is 0 Å². The van der Waals surface area contributed by atoms with Crippen molar-refractivity contribution in [3.8, 4) is 0 Å². The largest absolute Gasteiger partial charge is 0.363 e. The van der Waals surface area contributed by atoms with Crippen molar-refractivity contribution in [1.29, 1.82) is 0 Å². The Morgan fingerprint density at radius 3 is 2.50 bits per heavy atom. The van der Waals surface area contributed by atoms with E-state index >= 15 is 0 Å². The standard InChI is InChI=1S/C23H21FN2O2/c1-13-4-3-5-19(14(13)2)23(21(27)22(25)28)10-16-12-26-20(18(16)11-23)15-6-8-17(24)9-7-15/h3-9,12,20H,10-11H2,1-2H3,(H2,25,28)/t20?,23-/m0/s1. The SMILES string of the molecule is Cc1cccc([C@]2(C(=O)C(N)=O)CC3=C(C2)C(c2ccc(F)cc2)N=C3)c1C. The fourth-order valence-electron chi connectivity index (χ4n) is 4.51. The molecule has 2 aliphatic rings. The van der Waals surface area contributed by atoms with E-state index in [-0.39, 0.29) is 11.9 Å². The molecule has 0 bridgehead atoms. The zero-order valence-electron chi connectivity index (χ0n) is 15.8. The molecule has 0 spiro atoms. The van der Waals surface area contributed by atoms with Crippen molar-refractivity contribution in [3.63, 3.8) is 0 Å². The van der Waals surface area contributed by atoms with Crippen molar-refractivity contribution < 1.29 is 14.0 Å². The van der Waals surface area contributed by atoms with Crippen LogP contribution < -0.4 is 5.73 Å².